The van der Waals surface area contributed by atoms with E-state index in [2.05, 4.69) is 11.3 Å². The molecule has 0 saturated heterocycles. The predicted molar refractivity (Wildman–Crippen MR) is 70.6 cm³/mol. The first-order chi connectivity index (χ1) is 8.53. The minimum absolute atomic E-state index is 0.00187. The summed E-state index contributed by atoms with van der Waals surface area (Å²) in [5.41, 5.74) is 1.87. The molecule has 98 valence electrons. The lowest BCUT2D eigenvalue weighted by molar-refractivity contribution is 0.151. The Hall–Kier alpha value is -1.17. The fraction of sp³-hybridized carbons (Fsp3) is 0.385. The maximum absolute atomic E-state index is 11.8. The summed E-state index contributed by atoms with van der Waals surface area (Å²) in [5.74, 6) is 0.00187. The molecule has 4 nitrogen and oxygen atoms in total. The van der Waals surface area contributed by atoms with Crippen molar-refractivity contribution in [1.82, 2.24) is 4.72 Å². The van der Waals surface area contributed by atoms with Crippen molar-refractivity contribution in [1.29, 1.82) is 0 Å². The van der Waals surface area contributed by atoms with Gasteiger partial charge in [-0.05, 0) is 17.5 Å². The van der Waals surface area contributed by atoms with Gasteiger partial charge in [-0.15, -0.1) is 6.58 Å². The lowest BCUT2D eigenvalue weighted by Gasteiger charge is -2.17. The zero-order chi connectivity index (χ0) is 13.2. The van der Waals surface area contributed by atoms with Crippen LogP contribution in [-0.4, -0.2) is 25.4 Å². The molecule has 18 heavy (non-hydrogen) atoms. The number of fused-ring (bicyclic) bond motifs is 1. The zero-order valence-electron chi connectivity index (χ0n) is 10.0. The summed E-state index contributed by atoms with van der Waals surface area (Å²) in [7, 11) is -3.38. The van der Waals surface area contributed by atoms with Gasteiger partial charge in [-0.3, -0.25) is 0 Å². The standard InChI is InChI=1S/C13H17NO3S/c1-2-3-8-18(16,17)14-13-11-7-5-4-6-10(11)9-12(13)15/h2,4-7,12-15H,1,3,8-9H2/t12-,13+/m1/s1. The fourth-order valence-electron chi connectivity index (χ4n) is 2.21. The molecule has 2 N–H and O–H groups in total. The van der Waals surface area contributed by atoms with E-state index < -0.39 is 22.2 Å². The van der Waals surface area contributed by atoms with Crippen LogP contribution >= 0.6 is 0 Å². The summed E-state index contributed by atoms with van der Waals surface area (Å²) in [4.78, 5) is 0. The molecule has 0 aromatic heterocycles. The molecule has 0 unspecified atom stereocenters. The van der Waals surface area contributed by atoms with Crippen LogP contribution in [-0.2, 0) is 16.4 Å². The Morgan fingerprint density at radius 2 is 2.17 bits per heavy atom. The van der Waals surface area contributed by atoms with E-state index in [9.17, 15) is 13.5 Å². The van der Waals surface area contributed by atoms with Gasteiger partial charge in [0.05, 0.1) is 17.9 Å². The highest BCUT2D eigenvalue weighted by atomic mass is 32.2. The van der Waals surface area contributed by atoms with Crippen LogP contribution in [0.3, 0.4) is 0 Å². The summed E-state index contributed by atoms with van der Waals surface area (Å²) in [6.45, 7) is 3.50. The molecule has 2 rings (SSSR count). The highest BCUT2D eigenvalue weighted by Crippen LogP contribution is 2.31. The van der Waals surface area contributed by atoms with Crippen LogP contribution in [0.25, 0.3) is 0 Å². The first-order valence-corrected chi connectivity index (χ1v) is 7.55. The van der Waals surface area contributed by atoms with Gasteiger partial charge >= 0.3 is 0 Å². The van der Waals surface area contributed by atoms with Gasteiger partial charge in [-0.2, -0.15) is 0 Å². The molecule has 1 aliphatic carbocycles. The topological polar surface area (TPSA) is 66.4 Å². The Kier molecular flexibility index (Phi) is 3.85. The second kappa shape index (κ2) is 5.22. The summed E-state index contributed by atoms with van der Waals surface area (Å²) >= 11 is 0. The van der Waals surface area contributed by atoms with Crippen molar-refractivity contribution in [2.75, 3.05) is 5.75 Å². The molecule has 0 heterocycles. The van der Waals surface area contributed by atoms with Gasteiger partial charge in [-0.25, -0.2) is 13.1 Å². The number of sulfonamides is 1. The number of aliphatic hydroxyl groups is 1. The van der Waals surface area contributed by atoms with E-state index in [0.717, 1.165) is 11.1 Å². The van der Waals surface area contributed by atoms with Crippen LogP contribution in [0, 0.1) is 0 Å². The summed E-state index contributed by atoms with van der Waals surface area (Å²) in [5, 5.41) is 9.95. The van der Waals surface area contributed by atoms with Gasteiger partial charge in [0.25, 0.3) is 0 Å². The molecular weight excluding hydrogens is 250 g/mol. The summed E-state index contributed by atoms with van der Waals surface area (Å²) < 4.78 is 26.2. The monoisotopic (exact) mass is 267 g/mol. The number of hydrogen-bond donors (Lipinski definition) is 2. The molecule has 0 aliphatic heterocycles. The van der Waals surface area contributed by atoms with Gasteiger partial charge in [-0.1, -0.05) is 30.3 Å². The van der Waals surface area contributed by atoms with E-state index in [1.165, 1.54) is 0 Å². The van der Waals surface area contributed by atoms with Gasteiger partial charge in [0.15, 0.2) is 0 Å². The average molecular weight is 267 g/mol. The van der Waals surface area contributed by atoms with Crippen molar-refractivity contribution in [3.63, 3.8) is 0 Å². The van der Waals surface area contributed by atoms with Crippen LogP contribution in [0.2, 0.25) is 0 Å². The average Bonchev–Trinajstić information content (AvgIpc) is 2.63. The molecule has 2 atom stereocenters. The van der Waals surface area contributed by atoms with E-state index in [0.29, 0.717) is 12.8 Å². The van der Waals surface area contributed by atoms with Gasteiger partial charge in [0.1, 0.15) is 0 Å². The van der Waals surface area contributed by atoms with Crippen LogP contribution in [0.15, 0.2) is 36.9 Å². The Morgan fingerprint density at radius 1 is 1.44 bits per heavy atom. The van der Waals surface area contributed by atoms with Gasteiger partial charge in [0.2, 0.25) is 10.0 Å². The predicted octanol–water partition coefficient (Wildman–Crippen LogP) is 1.14. The molecule has 1 aromatic rings. The van der Waals surface area contributed by atoms with Crippen LogP contribution in [0.1, 0.15) is 23.6 Å². The summed E-state index contributed by atoms with van der Waals surface area (Å²) in [6, 6.07) is 6.97. The van der Waals surface area contributed by atoms with Crippen molar-refractivity contribution < 1.29 is 13.5 Å². The Bertz CT molecular complexity index is 539. The molecule has 5 heteroatoms. The molecule has 0 bridgehead atoms. The number of rotatable bonds is 5. The van der Waals surface area contributed by atoms with E-state index in [1.807, 2.05) is 24.3 Å². The molecule has 0 saturated carbocycles. The third-order valence-corrected chi connectivity index (χ3v) is 4.49. The Balaban J connectivity index is 2.17. The number of aliphatic hydroxyl groups excluding tert-OH is 1. The van der Waals surface area contributed by atoms with Crippen molar-refractivity contribution >= 4 is 10.0 Å². The van der Waals surface area contributed by atoms with E-state index >= 15 is 0 Å². The third kappa shape index (κ3) is 2.80. The van der Waals surface area contributed by atoms with Crippen LogP contribution in [0.5, 0.6) is 0 Å². The largest absolute Gasteiger partial charge is 0.391 e. The van der Waals surface area contributed by atoms with E-state index in [4.69, 9.17) is 0 Å². The minimum atomic E-state index is -3.38. The van der Waals surface area contributed by atoms with Crippen molar-refractivity contribution in [2.24, 2.45) is 0 Å². The van der Waals surface area contributed by atoms with Gasteiger partial charge < -0.3 is 5.11 Å². The maximum Gasteiger partial charge on any atom is 0.212 e. The lowest BCUT2D eigenvalue weighted by Crippen LogP contribution is -2.35. The van der Waals surface area contributed by atoms with Crippen molar-refractivity contribution in [3.05, 3.63) is 48.0 Å². The van der Waals surface area contributed by atoms with Crippen molar-refractivity contribution in [3.8, 4) is 0 Å². The summed E-state index contributed by atoms with van der Waals surface area (Å²) in [6.07, 6.45) is 1.77. The number of benzene rings is 1. The van der Waals surface area contributed by atoms with E-state index in [-0.39, 0.29) is 5.75 Å². The third-order valence-electron chi connectivity index (χ3n) is 3.10. The number of allylic oxidation sites excluding steroid dienone is 1. The first-order valence-electron chi connectivity index (χ1n) is 5.90. The Labute approximate surface area is 107 Å². The molecule has 1 aliphatic rings. The second-order valence-electron chi connectivity index (χ2n) is 4.46. The first kappa shape index (κ1) is 13.3. The van der Waals surface area contributed by atoms with Crippen molar-refractivity contribution in [2.45, 2.75) is 25.0 Å². The fourth-order valence-corrected chi connectivity index (χ4v) is 3.47. The van der Waals surface area contributed by atoms with Crippen LogP contribution < -0.4 is 4.72 Å². The molecular formula is C13H17NO3S. The SMILES string of the molecule is C=CCCS(=O)(=O)N[C@H]1c2ccccc2C[C@H]1O. The highest BCUT2D eigenvalue weighted by molar-refractivity contribution is 7.89. The molecule has 0 fully saturated rings. The maximum atomic E-state index is 11.8. The molecule has 0 spiro atoms. The minimum Gasteiger partial charge on any atom is -0.391 e. The molecule has 0 radical (unpaired) electrons. The van der Waals surface area contributed by atoms with E-state index in [1.54, 1.807) is 6.08 Å². The number of nitrogens with one attached hydrogen (secondary N) is 1. The van der Waals surface area contributed by atoms with Crippen LogP contribution in [0.4, 0.5) is 0 Å². The smallest absolute Gasteiger partial charge is 0.212 e. The lowest BCUT2D eigenvalue weighted by atomic mass is 10.1. The highest BCUT2D eigenvalue weighted by Gasteiger charge is 2.33. The zero-order valence-corrected chi connectivity index (χ0v) is 10.9. The quantitative estimate of drug-likeness (QED) is 0.786. The second-order valence-corrected chi connectivity index (χ2v) is 6.34. The Morgan fingerprint density at radius 3 is 2.89 bits per heavy atom. The molecule has 1 aromatic carbocycles. The number of hydrogen-bond acceptors (Lipinski definition) is 3. The van der Waals surface area contributed by atoms with Gasteiger partial charge in [0, 0.05) is 6.42 Å². The normalized spacial score (nSPS) is 22.7. The molecule has 0 amide bonds.